The highest BCUT2D eigenvalue weighted by molar-refractivity contribution is 5.85. The van der Waals surface area contributed by atoms with Crippen LogP contribution in [0.5, 0.6) is 11.5 Å². The van der Waals surface area contributed by atoms with E-state index in [4.69, 9.17) is 15.2 Å². The van der Waals surface area contributed by atoms with Gasteiger partial charge in [0.05, 0.1) is 26.4 Å². The first-order valence-electron chi connectivity index (χ1n) is 8.02. The van der Waals surface area contributed by atoms with Gasteiger partial charge in [-0.3, -0.25) is 4.79 Å². The van der Waals surface area contributed by atoms with E-state index in [0.717, 1.165) is 5.56 Å². The molecule has 0 radical (unpaired) electrons. The number of nitrogens with two attached hydrogens (primary N) is 1. The van der Waals surface area contributed by atoms with E-state index < -0.39 is 12.1 Å². The number of aliphatic hydroxyl groups is 1. The normalized spacial score (nSPS) is 12.5. The van der Waals surface area contributed by atoms with Crippen LogP contribution in [-0.2, 0) is 11.2 Å². The number of carbonyl (C=O) groups excluding carboxylic acids is 1. The predicted molar refractivity (Wildman–Crippen MR) is 103 cm³/mol. The van der Waals surface area contributed by atoms with Crippen molar-refractivity contribution in [3.05, 3.63) is 59.7 Å². The SMILES string of the molecule is COc1ccc(OC)c(C(O)CNC(=O)[C@@H](N)Cc2ccccc2)c1.Cl. The number of ether oxygens (including phenoxy) is 2. The van der Waals surface area contributed by atoms with E-state index >= 15 is 0 Å². The molecule has 6 nitrogen and oxygen atoms in total. The number of aliphatic hydroxyl groups excluding tert-OH is 1. The number of hydrogen-bond donors (Lipinski definition) is 3. The predicted octanol–water partition coefficient (Wildman–Crippen LogP) is 1.85. The van der Waals surface area contributed by atoms with E-state index in [1.54, 1.807) is 25.3 Å². The molecule has 1 unspecified atom stereocenters. The van der Waals surface area contributed by atoms with Crippen LogP contribution in [0.3, 0.4) is 0 Å². The minimum absolute atomic E-state index is 0. The van der Waals surface area contributed by atoms with Crippen LogP contribution >= 0.6 is 12.4 Å². The van der Waals surface area contributed by atoms with Crippen molar-refractivity contribution in [1.29, 1.82) is 0 Å². The highest BCUT2D eigenvalue weighted by Crippen LogP contribution is 2.29. The van der Waals surface area contributed by atoms with Crippen molar-refractivity contribution >= 4 is 18.3 Å². The van der Waals surface area contributed by atoms with Gasteiger partial charge in [-0.15, -0.1) is 12.4 Å². The van der Waals surface area contributed by atoms with E-state index in [2.05, 4.69) is 5.32 Å². The van der Waals surface area contributed by atoms with Gasteiger partial charge in [0.15, 0.2) is 0 Å². The van der Waals surface area contributed by atoms with E-state index in [-0.39, 0.29) is 24.9 Å². The standard InChI is InChI=1S/C19H24N2O4.ClH/c1-24-14-8-9-18(25-2)15(11-14)17(22)12-21-19(23)16(20)10-13-6-4-3-5-7-13;/h3-9,11,16-17,22H,10,12,20H2,1-2H3,(H,21,23);1H/t16-,17?;/m0./s1. The highest BCUT2D eigenvalue weighted by Gasteiger charge is 2.18. The van der Waals surface area contributed by atoms with Crippen molar-refractivity contribution in [2.75, 3.05) is 20.8 Å². The second-order valence-corrected chi connectivity index (χ2v) is 5.67. The molecular formula is C19H25ClN2O4. The van der Waals surface area contributed by atoms with Crippen molar-refractivity contribution in [2.24, 2.45) is 5.73 Å². The molecule has 0 bridgehead atoms. The molecule has 0 fully saturated rings. The van der Waals surface area contributed by atoms with Crippen LogP contribution < -0.4 is 20.5 Å². The molecule has 142 valence electrons. The average Bonchev–Trinajstić information content (AvgIpc) is 2.65. The Morgan fingerprint density at radius 1 is 1.15 bits per heavy atom. The first-order valence-corrected chi connectivity index (χ1v) is 8.02. The van der Waals surface area contributed by atoms with E-state index in [9.17, 15) is 9.90 Å². The Bertz CT molecular complexity index is 697. The third-order valence-electron chi connectivity index (χ3n) is 3.90. The quantitative estimate of drug-likeness (QED) is 0.649. The van der Waals surface area contributed by atoms with Gasteiger partial charge in [-0.1, -0.05) is 30.3 Å². The summed E-state index contributed by atoms with van der Waals surface area (Å²) in [5, 5.41) is 13.1. The third-order valence-corrected chi connectivity index (χ3v) is 3.90. The molecule has 2 rings (SSSR count). The summed E-state index contributed by atoms with van der Waals surface area (Å²) in [5.41, 5.74) is 7.46. The molecule has 7 heteroatoms. The van der Waals surface area contributed by atoms with Gasteiger partial charge in [-0.2, -0.15) is 0 Å². The first-order chi connectivity index (χ1) is 12.0. The third kappa shape index (κ3) is 5.91. The van der Waals surface area contributed by atoms with Gasteiger partial charge in [0, 0.05) is 12.1 Å². The van der Waals surface area contributed by atoms with Crippen LogP contribution in [0.1, 0.15) is 17.2 Å². The van der Waals surface area contributed by atoms with Gasteiger partial charge in [0.1, 0.15) is 11.5 Å². The molecule has 0 saturated heterocycles. The fraction of sp³-hybridized carbons (Fsp3) is 0.316. The van der Waals surface area contributed by atoms with E-state index in [0.29, 0.717) is 23.5 Å². The summed E-state index contributed by atoms with van der Waals surface area (Å²) in [6.45, 7) is 0.0326. The van der Waals surface area contributed by atoms with Crippen LogP contribution in [0.15, 0.2) is 48.5 Å². The van der Waals surface area contributed by atoms with Crippen molar-refractivity contribution in [3.63, 3.8) is 0 Å². The van der Waals surface area contributed by atoms with E-state index in [1.165, 1.54) is 7.11 Å². The lowest BCUT2D eigenvalue weighted by molar-refractivity contribution is -0.122. The zero-order valence-corrected chi connectivity index (χ0v) is 15.7. The average molecular weight is 381 g/mol. The van der Waals surface area contributed by atoms with Crippen molar-refractivity contribution in [2.45, 2.75) is 18.6 Å². The lowest BCUT2D eigenvalue weighted by atomic mass is 10.1. The molecule has 0 aliphatic heterocycles. The molecule has 0 aliphatic carbocycles. The number of nitrogens with one attached hydrogen (secondary N) is 1. The number of amides is 1. The largest absolute Gasteiger partial charge is 0.497 e. The summed E-state index contributed by atoms with van der Waals surface area (Å²) in [6.07, 6.45) is -0.497. The number of rotatable bonds is 8. The van der Waals surface area contributed by atoms with Gasteiger partial charge in [0.2, 0.25) is 5.91 Å². The fourth-order valence-corrected chi connectivity index (χ4v) is 2.50. The summed E-state index contributed by atoms with van der Waals surface area (Å²) in [6, 6.07) is 14.0. The molecule has 2 aromatic carbocycles. The zero-order valence-electron chi connectivity index (χ0n) is 14.8. The number of methoxy groups -OCH3 is 2. The van der Waals surface area contributed by atoms with Gasteiger partial charge >= 0.3 is 0 Å². The topological polar surface area (TPSA) is 93.8 Å². The zero-order chi connectivity index (χ0) is 18.2. The Hall–Kier alpha value is -2.28. The minimum atomic E-state index is -0.932. The Morgan fingerprint density at radius 2 is 1.85 bits per heavy atom. The molecule has 2 atom stereocenters. The Balaban J connectivity index is 0.00000338. The maximum absolute atomic E-state index is 12.2. The monoisotopic (exact) mass is 380 g/mol. The van der Waals surface area contributed by atoms with Crippen molar-refractivity contribution in [1.82, 2.24) is 5.32 Å². The number of carbonyl (C=O) groups is 1. The Labute approximate surface area is 159 Å². The molecule has 1 amide bonds. The fourth-order valence-electron chi connectivity index (χ4n) is 2.50. The molecule has 0 spiro atoms. The molecule has 0 saturated carbocycles. The molecule has 2 aromatic rings. The lowest BCUT2D eigenvalue weighted by Crippen LogP contribution is -2.43. The van der Waals surface area contributed by atoms with Crippen LogP contribution in [0.4, 0.5) is 0 Å². The number of hydrogen-bond acceptors (Lipinski definition) is 5. The van der Waals surface area contributed by atoms with Crippen molar-refractivity contribution in [3.8, 4) is 11.5 Å². The molecule has 4 N–H and O–H groups in total. The molecular weight excluding hydrogens is 356 g/mol. The summed E-state index contributed by atoms with van der Waals surface area (Å²) in [4.78, 5) is 12.2. The highest BCUT2D eigenvalue weighted by atomic mass is 35.5. The molecule has 0 heterocycles. The second-order valence-electron chi connectivity index (χ2n) is 5.67. The molecule has 0 aromatic heterocycles. The summed E-state index contributed by atoms with van der Waals surface area (Å²) in [7, 11) is 3.06. The maximum atomic E-state index is 12.2. The number of halogens is 1. The van der Waals surface area contributed by atoms with Gasteiger partial charge < -0.3 is 25.6 Å². The molecule has 26 heavy (non-hydrogen) atoms. The van der Waals surface area contributed by atoms with Crippen LogP contribution in [0, 0.1) is 0 Å². The Morgan fingerprint density at radius 3 is 2.46 bits per heavy atom. The molecule has 0 aliphatic rings. The maximum Gasteiger partial charge on any atom is 0.237 e. The Kier molecular flexibility index (Phi) is 8.92. The second kappa shape index (κ2) is 10.7. The minimum Gasteiger partial charge on any atom is -0.497 e. The van der Waals surface area contributed by atoms with Crippen LogP contribution in [0.25, 0.3) is 0 Å². The number of benzene rings is 2. The lowest BCUT2D eigenvalue weighted by Gasteiger charge is -2.18. The first kappa shape index (κ1) is 21.8. The summed E-state index contributed by atoms with van der Waals surface area (Å²) >= 11 is 0. The van der Waals surface area contributed by atoms with Crippen molar-refractivity contribution < 1.29 is 19.4 Å². The van der Waals surface area contributed by atoms with Crippen LogP contribution in [0.2, 0.25) is 0 Å². The van der Waals surface area contributed by atoms with Crippen LogP contribution in [-0.4, -0.2) is 37.8 Å². The summed E-state index contributed by atoms with van der Waals surface area (Å²) < 4.78 is 10.4. The van der Waals surface area contributed by atoms with E-state index in [1.807, 2.05) is 30.3 Å². The summed E-state index contributed by atoms with van der Waals surface area (Å²) in [5.74, 6) is 0.808. The van der Waals surface area contributed by atoms with Gasteiger partial charge in [-0.05, 0) is 30.2 Å². The van der Waals surface area contributed by atoms with Gasteiger partial charge in [-0.25, -0.2) is 0 Å². The van der Waals surface area contributed by atoms with Gasteiger partial charge in [0.25, 0.3) is 0 Å². The smallest absolute Gasteiger partial charge is 0.237 e.